The number of hydrogen-bond donors (Lipinski definition) is 1. The highest BCUT2D eigenvalue weighted by Gasteiger charge is 1.98. The third-order valence-corrected chi connectivity index (χ3v) is 1.87. The third kappa shape index (κ3) is 1.98. The van der Waals surface area contributed by atoms with E-state index in [4.69, 9.17) is 17.3 Å². The van der Waals surface area contributed by atoms with Gasteiger partial charge in [0, 0.05) is 5.02 Å². The second-order valence-corrected chi connectivity index (χ2v) is 2.84. The molecule has 0 spiro atoms. The molecule has 1 aromatic carbocycles. The molecular weight excluding hydrogens is 172 g/mol. The summed E-state index contributed by atoms with van der Waals surface area (Å²) in [5.74, 6) is 0. The Bertz CT molecular complexity index is 295. The standard InChI is InChI=1S/C9H11ClN2/c1-2-7-5-8(10)3-4-9(7)12-6-11/h3-6H,2H2,1H3,(H2,11,12). The zero-order valence-electron chi connectivity index (χ0n) is 6.92. The molecule has 0 bridgehead atoms. The summed E-state index contributed by atoms with van der Waals surface area (Å²) in [6, 6.07) is 5.58. The topological polar surface area (TPSA) is 38.4 Å². The zero-order valence-corrected chi connectivity index (χ0v) is 7.67. The molecule has 64 valence electrons. The lowest BCUT2D eigenvalue weighted by Crippen LogP contribution is -1.88. The van der Waals surface area contributed by atoms with E-state index in [-0.39, 0.29) is 0 Å². The van der Waals surface area contributed by atoms with Gasteiger partial charge < -0.3 is 5.73 Å². The highest BCUT2D eigenvalue weighted by Crippen LogP contribution is 2.23. The molecule has 0 amide bonds. The van der Waals surface area contributed by atoms with E-state index < -0.39 is 0 Å². The first-order valence-corrected chi connectivity index (χ1v) is 4.18. The smallest absolute Gasteiger partial charge is 0.0860 e. The fraction of sp³-hybridized carbons (Fsp3) is 0.222. The van der Waals surface area contributed by atoms with Crippen LogP contribution >= 0.6 is 11.6 Å². The van der Waals surface area contributed by atoms with Crippen molar-refractivity contribution in [1.29, 1.82) is 0 Å². The lowest BCUT2D eigenvalue weighted by atomic mass is 10.1. The predicted molar refractivity (Wildman–Crippen MR) is 53.2 cm³/mol. The van der Waals surface area contributed by atoms with Gasteiger partial charge in [0.2, 0.25) is 0 Å². The first kappa shape index (κ1) is 9.07. The minimum Gasteiger partial charge on any atom is -0.390 e. The number of halogens is 1. The number of benzene rings is 1. The molecule has 3 heteroatoms. The van der Waals surface area contributed by atoms with Gasteiger partial charge in [-0.05, 0) is 30.2 Å². The molecule has 0 heterocycles. The van der Waals surface area contributed by atoms with Crippen LogP contribution in [0.4, 0.5) is 5.69 Å². The van der Waals surface area contributed by atoms with E-state index in [0.29, 0.717) is 0 Å². The van der Waals surface area contributed by atoms with Crippen LogP contribution in [0.2, 0.25) is 5.02 Å². The molecule has 0 aliphatic rings. The van der Waals surface area contributed by atoms with Crippen molar-refractivity contribution in [1.82, 2.24) is 0 Å². The second kappa shape index (κ2) is 4.12. The molecule has 2 N–H and O–H groups in total. The highest BCUT2D eigenvalue weighted by molar-refractivity contribution is 6.30. The van der Waals surface area contributed by atoms with Gasteiger partial charge in [0.1, 0.15) is 0 Å². The molecule has 0 saturated carbocycles. The molecule has 0 unspecified atom stereocenters. The van der Waals surface area contributed by atoms with Crippen molar-refractivity contribution >= 4 is 23.6 Å². The van der Waals surface area contributed by atoms with Crippen LogP contribution in [0.25, 0.3) is 0 Å². The zero-order chi connectivity index (χ0) is 8.97. The van der Waals surface area contributed by atoms with Gasteiger partial charge in [0.25, 0.3) is 0 Å². The normalized spacial score (nSPS) is 10.8. The Morgan fingerprint density at radius 3 is 2.92 bits per heavy atom. The maximum atomic E-state index is 5.81. The van der Waals surface area contributed by atoms with E-state index in [1.165, 1.54) is 6.34 Å². The molecule has 0 saturated heterocycles. The first-order valence-electron chi connectivity index (χ1n) is 3.80. The van der Waals surface area contributed by atoms with E-state index in [0.717, 1.165) is 22.7 Å². The van der Waals surface area contributed by atoms with Crippen molar-refractivity contribution in [2.24, 2.45) is 10.7 Å². The molecule has 0 radical (unpaired) electrons. The molecular formula is C9H11ClN2. The van der Waals surface area contributed by atoms with Gasteiger partial charge in [0.05, 0.1) is 12.0 Å². The van der Waals surface area contributed by atoms with Crippen LogP contribution in [0.15, 0.2) is 23.2 Å². The highest BCUT2D eigenvalue weighted by atomic mass is 35.5. The molecule has 2 nitrogen and oxygen atoms in total. The van der Waals surface area contributed by atoms with Crippen LogP contribution in [-0.4, -0.2) is 6.34 Å². The number of hydrogen-bond acceptors (Lipinski definition) is 1. The van der Waals surface area contributed by atoms with Crippen LogP contribution in [0.5, 0.6) is 0 Å². The summed E-state index contributed by atoms with van der Waals surface area (Å²) >= 11 is 5.81. The van der Waals surface area contributed by atoms with Crippen molar-refractivity contribution in [3.8, 4) is 0 Å². The van der Waals surface area contributed by atoms with E-state index in [9.17, 15) is 0 Å². The van der Waals surface area contributed by atoms with Gasteiger partial charge in [-0.3, -0.25) is 0 Å². The minimum atomic E-state index is 0.739. The summed E-state index contributed by atoms with van der Waals surface area (Å²) in [4.78, 5) is 4.01. The molecule has 0 fully saturated rings. The summed E-state index contributed by atoms with van der Waals surface area (Å²) in [6.07, 6.45) is 2.20. The Morgan fingerprint density at radius 1 is 1.58 bits per heavy atom. The fourth-order valence-corrected chi connectivity index (χ4v) is 1.24. The molecule has 0 atom stereocenters. The monoisotopic (exact) mass is 182 g/mol. The fourth-order valence-electron chi connectivity index (χ4n) is 1.04. The van der Waals surface area contributed by atoms with Gasteiger partial charge in [-0.25, -0.2) is 4.99 Å². The Balaban J connectivity index is 3.10. The number of aryl methyl sites for hydroxylation is 1. The third-order valence-electron chi connectivity index (χ3n) is 1.64. The predicted octanol–water partition coefficient (Wildman–Crippen LogP) is 2.52. The van der Waals surface area contributed by atoms with Crippen LogP contribution in [0.1, 0.15) is 12.5 Å². The van der Waals surface area contributed by atoms with Crippen molar-refractivity contribution < 1.29 is 0 Å². The Morgan fingerprint density at radius 2 is 2.33 bits per heavy atom. The average molecular weight is 183 g/mol. The van der Waals surface area contributed by atoms with Gasteiger partial charge in [0.15, 0.2) is 0 Å². The molecule has 0 aliphatic heterocycles. The van der Waals surface area contributed by atoms with Crippen molar-refractivity contribution in [3.63, 3.8) is 0 Å². The van der Waals surface area contributed by atoms with Crippen molar-refractivity contribution in [2.45, 2.75) is 13.3 Å². The van der Waals surface area contributed by atoms with Gasteiger partial charge in [-0.2, -0.15) is 0 Å². The summed E-state index contributed by atoms with van der Waals surface area (Å²) in [6.45, 7) is 2.06. The van der Waals surface area contributed by atoms with Crippen molar-refractivity contribution in [3.05, 3.63) is 28.8 Å². The van der Waals surface area contributed by atoms with Crippen LogP contribution in [0, 0.1) is 0 Å². The number of rotatable bonds is 2. The summed E-state index contributed by atoms with van der Waals surface area (Å²) in [5, 5.41) is 0.739. The molecule has 12 heavy (non-hydrogen) atoms. The van der Waals surface area contributed by atoms with E-state index in [1.807, 2.05) is 18.2 Å². The largest absolute Gasteiger partial charge is 0.390 e. The summed E-state index contributed by atoms with van der Waals surface area (Å²) in [5.41, 5.74) is 7.21. The van der Waals surface area contributed by atoms with Gasteiger partial charge in [-0.1, -0.05) is 18.5 Å². The lowest BCUT2D eigenvalue weighted by Gasteiger charge is -2.01. The maximum absolute atomic E-state index is 5.81. The van der Waals surface area contributed by atoms with Gasteiger partial charge >= 0.3 is 0 Å². The minimum absolute atomic E-state index is 0.739. The Hall–Kier alpha value is -1.02. The molecule has 0 aliphatic carbocycles. The number of nitrogens with zero attached hydrogens (tertiary/aromatic N) is 1. The van der Waals surface area contributed by atoms with E-state index >= 15 is 0 Å². The lowest BCUT2D eigenvalue weighted by molar-refractivity contribution is 1.13. The summed E-state index contributed by atoms with van der Waals surface area (Å²) in [7, 11) is 0. The molecule has 1 aromatic rings. The van der Waals surface area contributed by atoms with Crippen LogP contribution in [0.3, 0.4) is 0 Å². The quantitative estimate of drug-likeness (QED) is 0.554. The van der Waals surface area contributed by atoms with Crippen molar-refractivity contribution in [2.75, 3.05) is 0 Å². The average Bonchev–Trinajstić information content (AvgIpc) is 2.08. The molecule has 1 rings (SSSR count). The van der Waals surface area contributed by atoms with E-state index in [1.54, 1.807) is 0 Å². The number of aliphatic imine (C=N–C) groups is 1. The van der Waals surface area contributed by atoms with Crippen LogP contribution < -0.4 is 5.73 Å². The molecule has 0 aromatic heterocycles. The van der Waals surface area contributed by atoms with Gasteiger partial charge in [-0.15, -0.1) is 0 Å². The van der Waals surface area contributed by atoms with E-state index in [2.05, 4.69) is 11.9 Å². The Kier molecular flexibility index (Phi) is 3.11. The first-order chi connectivity index (χ1) is 5.77. The SMILES string of the molecule is CCc1cc(Cl)ccc1N=CN. The second-order valence-electron chi connectivity index (χ2n) is 2.40. The summed E-state index contributed by atoms with van der Waals surface area (Å²) < 4.78 is 0. The Labute approximate surface area is 77.1 Å². The maximum Gasteiger partial charge on any atom is 0.0860 e. The van der Waals surface area contributed by atoms with Crippen LogP contribution in [-0.2, 0) is 6.42 Å². The number of nitrogens with two attached hydrogens (primary N) is 1.